The third kappa shape index (κ3) is 2.56. The largest absolute Gasteiger partial charge is 0.481 e. The summed E-state index contributed by atoms with van der Waals surface area (Å²) in [6.07, 6.45) is 1.74. The van der Waals surface area contributed by atoms with Gasteiger partial charge in [-0.15, -0.1) is 0 Å². The van der Waals surface area contributed by atoms with Crippen molar-refractivity contribution in [1.29, 1.82) is 0 Å². The molecule has 1 heterocycles. The average Bonchev–Trinajstić information content (AvgIpc) is 2.39. The third-order valence-electron chi connectivity index (χ3n) is 4.07. The number of hydrogen-bond donors (Lipinski definition) is 1. The molecular formula is C15H21NO2. The third-order valence-corrected chi connectivity index (χ3v) is 4.07. The molecular weight excluding hydrogens is 226 g/mol. The summed E-state index contributed by atoms with van der Waals surface area (Å²) >= 11 is 0. The maximum Gasteiger partial charge on any atom is 0.310 e. The molecule has 0 aromatic heterocycles. The smallest absolute Gasteiger partial charge is 0.310 e. The minimum atomic E-state index is -0.674. The number of likely N-dealkylation sites (tertiary alicyclic amines) is 1. The van der Waals surface area contributed by atoms with Crippen molar-refractivity contribution in [3.8, 4) is 0 Å². The van der Waals surface area contributed by atoms with Crippen molar-refractivity contribution < 1.29 is 9.90 Å². The van der Waals surface area contributed by atoms with Gasteiger partial charge in [0.1, 0.15) is 0 Å². The molecule has 3 nitrogen and oxygen atoms in total. The van der Waals surface area contributed by atoms with Gasteiger partial charge in [0.05, 0.1) is 5.41 Å². The quantitative estimate of drug-likeness (QED) is 0.892. The zero-order valence-corrected chi connectivity index (χ0v) is 11.1. The van der Waals surface area contributed by atoms with Crippen molar-refractivity contribution in [2.24, 2.45) is 5.41 Å². The predicted molar refractivity (Wildman–Crippen MR) is 71.4 cm³/mol. The van der Waals surface area contributed by atoms with Crippen LogP contribution in [0.1, 0.15) is 38.3 Å². The van der Waals surface area contributed by atoms with E-state index >= 15 is 0 Å². The molecule has 0 bridgehead atoms. The maximum absolute atomic E-state index is 11.4. The summed E-state index contributed by atoms with van der Waals surface area (Å²) in [5.41, 5.74) is 0.661. The van der Waals surface area contributed by atoms with E-state index in [1.807, 2.05) is 25.1 Å². The fourth-order valence-corrected chi connectivity index (χ4v) is 2.73. The lowest BCUT2D eigenvalue weighted by molar-refractivity contribution is -0.151. The van der Waals surface area contributed by atoms with Gasteiger partial charge in [-0.3, -0.25) is 9.69 Å². The first kappa shape index (κ1) is 13.1. The number of rotatable bonds is 3. The Kier molecular flexibility index (Phi) is 3.71. The zero-order valence-electron chi connectivity index (χ0n) is 11.1. The van der Waals surface area contributed by atoms with Gasteiger partial charge >= 0.3 is 5.97 Å². The normalized spacial score (nSPS) is 26.8. The highest BCUT2D eigenvalue weighted by molar-refractivity contribution is 5.74. The Hall–Kier alpha value is -1.35. The molecule has 1 aromatic carbocycles. The molecule has 2 atom stereocenters. The van der Waals surface area contributed by atoms with Crippen LogP contribution in [-0.4, -0.2) is 29.1 Å². The molecule has 0 aliphatic carbocycles. The van der Waals surface area contributed by atoms with Crippen LogP contribution >= 0.6 is 0 Å². The molecule has 1 N–H and O–H groups in total. The van der Waals surface area contributed by atoms with E-state index in [0.29, 0.717) is 6.54 Å². The molecule has 1 fully saturated rings. The van der Waals surface area contributed by atoms with Crippen LogP contribution in [0.4, 0.5) is 0 Å². The number of carboxylic acid groups (broad SMARTS) is 1. The van der Waals surface area contributed by atoms with Crippen LogP contribution in [0.5, 0.6) is 0 Å². The van der Waals surface area contributed by atoms with Crippen molar-refractivity contribution in [3.63, 3.8) is 0 Å². The van der Waals surface area contributed by atoms with Gasteiger partial charge in [-0.2, -0.15) is 0 Å². The maximum atomic E-state index is 11.4. The van der Waals surface area contributed by atoms with Crippen LogP contribution in [0.15, 0.2) is 30.3 Å². The summed E-state index contributed by atoms with van der Waals surface area (Å²) in [6.45, 7) is 5.64. The molecule has 1 saturated heterocycles. The number of hydrogen-bond acceptors (Lipinski definition) is 2. The highest BCUT2D eigenvalue weighted by Crippen LogP contribution is 2.34. The minimum absolute atomic E-state index is 0.283. The summed E-state index contributed by atoms with van der Waals surface area (Å²) in [5.74, 6) is -0.674. The highest BCUT2D eigenvalue weighted by Gasteiger charge is 2.39. The van der Waals surface area contributed by atoms with Gasteiger partial charge in [0.15, 0.2) is 0 Å². The molecule has 1 aliphatic heterocycles. The van der Waals surface area contributed by atoms with E-state index in [9.17, 15) is 9.90 Å². The van der Waals surface area contributed by atoms with Gasteiger partial charge < -0.3 is 5.11 Å². The Bertz CT molecular complexity index is 418. The number of carbonyl (C=O) groups is 1. The van der Waals surface area contributed by atoms with E-state index in [4.69, 9.17) is 0 Å². The van der Waals surface area contributed by atoms with Crippen LogP contribution in [-0.2, 0) is 4.79 Å². The first-order chi connectivity index (χ1) is 8.53. The Morgan fingerprint density at radius 1 is 1.39 bits per heavy atom. The summed E-state index contributed by atoms with van der Waals surface area (Å²) in [5, 5.41) is 9.34. The van der Waals surface area contributed by atoms with E-state index in [1.54, 1.807) is 0 Å². The van der Waals surface area contributed by atoms with E-state index in [0.717, 1.165) is 19.4 Å². The van der Waals surface area contributed by atoms with Gasteiger partial charge in [0.2, 0.25) is 0 Å². The van der Waals surface area contributed by atoms with Crippen LogP contribution in [0.3, 0.4) is 0 Å². The number of piperidine rings is 1. The monoisotopic (exact) mass is 247 g/mol. The molecule has 0 amide bonds. The van der Waals surface area contributed by atoms with Gasteiger partial charge in [-0.05, 0) is 38.8 Å². The van der Waals surface area contributed by atoms with Crippen molar-refractivity contribution in [2.75, 3.05) is 13.1 Å². The van der Waals surface area contributed by atoms with Crippen LogP contribution in [0.2, 0.25) is 0 Å². The van der Waals surface area contributed by atoms with E-state index in [2.05, 4.69) is 24.0 Å². The van der Waals surface area contributed by atoms with E-state index in [-0.39, 0.29) is 6.04 Å². The minimum Gasteiger partial charge on any atom is -0.481 e. The molecule has 98 valence electrons. The molecule has 2 unspecified atom stereocenters. The molecule has 1 aliphatic rings. The lowest BCUT2D eigenvalue weighted by Crippen LogP contribution is -2.46. The van der Waals surface area contributed by atoms with Crippen molar-refractivity contribution in [1.82, 2.24) is 4.90 Å². The molecule has 1 aromatic rings. The molecule has 0 radical (unpaired) electrons. The molecule has 0 saturated carbocycles. The molecule has 18 heavy (non-hydrogen) atoms. The van der Waals surface area contributed by atoms with Gasteiger partial charge in [-0.25, -0.2) is 0 Å². The Morgan fingerprint density at radius 2 is 2.06 bits per heavy atom. The van der Waals surface area contributed by atoms with Crippen LogP contribution < -0.4 is 0 Å². The van der Waals surface area contributed by atoms with Gasteiger partial charge in [0.25, 0.3) is 0 Å². The summed E-state index contributed by atoms with van der Waals surface area (Å²) in [4.78, 5) is 13.6. The van der Waals surface area contributed by atoms with Gasteiger partial charge in [0, 0.05) is 12.6 Å². The molecule has 3 heteroatoms. The highest BCUT2D eigenvalue weighted by atomic mass is 16.4. The number of aliphatic carboxylic acids is 1. The SMILES string of the molecule is CC(c1ccccc1)N1CCCC(C)(C(=O)O)C1. The average molecular weight is 247 g/mol. The predicted octanol–water partition coefficient (Wildman–Crippen LogP) is 2.93. The molecule has 2 rings (SSSR count). The fraction of sp³-hybridized carbons (Fsp3) is 0.533. The van der Waals surface area contributed by atoms with Gasteiger partial charge in [-0.1, -0.05) is 30.3 Å². The summed E-state index contributed by atoms with van der Waals surface area (Å²) in [6, 6.07) is 10.6. The second-order valence-corrected chi connectivity index (χ2v) is 5.53. The summed E-state index contributed by atoms with van der Waals surface area (Å²) < 4.78 is 0. The van der Waals surface area contributed by atoms with Crippen LogP contribution in [0, 0.1) is 5.41 Å². The first-order valence-electron chi connectivity index (χ1n) is 6.55. The lowest BCUT2D eigenvalue weighted by atomic mass is 9.81. The summed E-state index contributed by atoms with van der Waals surface area (Å²) in [7, 11) is 0. The Balaban J connectivity index is 2.12. The van der Waals surface area contributed by atoms with Crippen molar-refractivity contribution >= 4 is 5.97 Å². The van der Waals surface area contributed by atoms with Crippen LogP contribution in [0.25, 0.3) is 0 Å². The topological polar surface area (TPSA) is 40.5 Å². The number of benzene rings is 1. The fourth-order valence-electron chi connectivity index (χ4n) is 2.73. The Morgan fingerprint density at radius 3 is 2.67 bits per heavy atom. The standard InChI is InChI=1S/C15H21NO2/c1-12(13-7-4-3-5-8-13)16-10-6-9-15(2,11-16)14(17)18/h3-5,7-8,12H,6,9-11H2,1-2H3,(H,17,18). The van der Waals surface area contributed by atoms with Crippen molar-refractivity contribution in [2.45, 2.75) is 32.7 Å². The lowest BCUT2D eigenvalue weighted by Gasteiger charge is -2.40. The Labute approximate surface area is 108 Å². The van der Waals surface area contributed by atoms with E-state index in [1.165, 1.54) is 5.56 Å². The number of nitrogens with zero attached hydrogens (tertiary/aromatic N) is 1. The molecule has 0 spiro atoms. The first-order valence-corrected chi connectivity index (χ1v) is 6.55. The van der Waals surface area contributed by atoms with E-state index < -0.39 is 11.4 Å². The second-order valence-electron chi connectivity index (χ2n) is 5.53. The second kappa shape index (κ2) is 5.11. The number of carboxylic acids is 1. The zero-order chi connectivity index (χ0) is 13.2. The van der Waals surface area contributed by atoms with Crippen molar-refractivity contribution in [3.05, 3.63) is 35.9 Å².